The molecule has 4 atom stereocenters. The third kappa shape index (κ3) is 4.97. The van der Waals surface area contributed by atoms with Crippen LogP contribution in [-0.2, 0) is 11.3 Å². The summed E-state index contributed by atoms with van der Waals surface area (Å²) in [5, 5.41) is 3.10. The summed E-state index contributed by atoms with van der Waals surface area (Å²) in [4.78, 5) is 15.2. The maximum atomic E-state index is 12.6. The van der Waals surface area contributed by atoms with Gasteiger partial charge in [-0.1, -0.05) is 19.1 Å². The van der Waals surface area contributed by atoms with Crippen LogP contribution in [0.2, 0.25) is 0 Å². The average Bonchev–Trinajstić information content (AvgIpc) is 3.20. The number of fused-ring (bicyclic) bond motifs is 2. The highest BCUT2D eigenvalue weighted by Gasteiger charge is 2.49. The van der Waals surface area contributed by atoms with Crippen molar-refractivity contribution < 1.29 is 4.79 Å². The molecule has 0 radical (unpaired) electrons. The summed E-state index contributed by atoms with van der Waals surface area (Å²) in [7, 11) is 0. The molecule has 0 aromatic heterocycles. The largest absolute Gasteiger partial charge is 0.327 e. The van der Waals surface area contributed by atoms with Gasteiger partial charge in [0.1, 0.15) is 0 Å². The Morgan fingerprint density at radius 3 is 2.30 bits per heavy atom. The van der Waals surface area contributed by atoms with Crippen molar-refractivity contribution in [1.29, 1.82) is 0 Å². The molecule has 2 aliphatic carbocycles. The monoisotopic (exact) mass is 413 g/mol. The Bertz CT molecular complexity index is 614. The Morgan fingerprint density at radius 1 is 1.07 bits per heavy atom. The highest BCUT2D eigenvalue weighted by Crippen LogP contribution is 2.47. The molecule has 152 valence electrons. The fourth-order valence-corrected chi connectivity index (χ4v) is 5.12. The van der Waals surface area contributed by atoms with Crippen molar-refractivity contribution in [3.63, 3.8) is 0 Å². The van der Waals surface area contributed by atoms with Crippen molar-refractivity contribution in [2.24, 2.45) is 29.4 Å². The number of amides is 1. The lowest BCUT2D eigenvalue weighted by atomic mass is 9.84. The molecule has 4 nitrogen and oxygen atoms in total. The van der Waals surface area contributed by atoms with Crippen molar-refractivity contribution in [2.75, 3.05) is 18.4 Å². The highest BCUT2D eigenvalue weighted by molar-refractivity contribution is 5.93. The summed E-state index contributed by atoms with van der Waals surface area (Å²) < 4.78 is 0. The van der Waals surface area contributed by atoms with Gasteiger partial charge in [0.2, 0.25) is 5.91 Å². The molecule has 1 aromatic rings. The van der Waals surface area contributed by atoms with Gasteiger partial charge in [0.25, 0.3) is 0 Å². The first-order valence-electron chi connectivity index (χ1n) is 9.98. The zero-order valence-electron chi connectivity index (χ0n) is 16.1. The predicted molar refractivity (Wildman–Crippen MR) is 116 cm³/mol. The number of likely N-dealkylation sites (tertiary alicyclic amines) is 1. The Labute approximate surface area is 175 Å². The number of nitrogens with one attached hydrogen (secondary N) is 1. The lowest BCUT2D eigenvalue weighted by molar-refractivity contribution is -0.121. The molecule has 2 bridgehead atoms. The zero-order valence-corrected chi connectivity index (χ0v) is 17.7. The number of hydrogen-bond donors (Lipinski definition) is 2. The van der Waals surface area contributed by atoms with Crippen molar-refractivity contribution in [1.82, 2.24) is 4.90 Å². The summed E-state index contributed by atoms with van der Waals surface area (Å²) in [5.41, 5.74) is 8.51. The van der Waals surface area contributed by atoms with Gasteiger partial charge in [-0.2, -0.15) is 0 Å². The van der Waals surface area contributed by atoms with E-state index in [0.717, 1.165) is 24.6 Å². The minimum atomic E-state index is 0. The smallest absolute Gasteiger partial charge is 0.229 e. The van der Waals surface area contributed by atoms with E-state index >= 15 is 0 Å². The molecule has 1 aromatic carbocycles. The molecule has 4 unspecified atom stereocenters. The van der Waals surface area contributed by atoms with E-state index in [1.807, 2.05) is 12.1 Å². The first-order chi connectivity index (χ1) is 12.1. The molecule has 3 N–H and O–H groups in total. The molecule has 1 aliphatic heterocycles. The number of hydrogen-bond acceptors (Lipinski definition) is 3. The number of carbonyl (C=O) groups is 1. The molecule has 6 heteroatoms. The Balaban J connectivity index is 0.00000131. The van der Waals surface area contributed by atoms with Crippen LogP contribution in [0, 0.1) is 23.7 Å². The third-order valence-corrected chi connectivity index (χ3v) is 6.79. The minimum absolute atomic E-state index is 0. The molecule has 1 saturated heterocycles. The number of carbonyl (C=O) groups excluding carboxylic acids is 1. The summed E-state index contributed by atoms with van der Waals surface area (Å²) in [6.45, 7) is 5.75. The number of rotatable bonds is 4. The lowest BCUT2D eigenvalue weighted by Crippen LogP contribution is -2.42. The van der Waals surface area contributed by atoms with Crippen LogP contribution in [0.3, 0.4) is 0 Å². The van der Waals surface area contributed by atoms with Gasteiger partial charge in [0.15, 0.2) is 0 Å². The molecule has 1 amide bonds. The van der Waals surface area contributed by atoms with Crippen LogP contribution in [0.4, 0.5) is 5.69 Å². The average molecular weight is 414 g/mol. The van der Waals surface area contributed by atoms with E-state index < -0.39 is 0 Å². The van der Waals surface area contributed by atoms with Crippen molar-refractivity contribution >= 4 is 36.4 Å². The second kappa shape index (κ2) is 9.60. The normalized spacial score (nSPS) is 30.4. The van der Waals surface area contributed by atoms with Gasteiger partial charge in [-0.05, 0) is 80.6 Å². The standard InChI is InChI=1S/C21H31N3O.2ClH/c1-14-8-10-24(11-9-14)13-15-2-6-18(7-3-15)23-21(25)19-16-4-5-17(12-16)20(19)22;;/h2-3,6-7,14,16-17,19-20H,4-5,8-13,22H2,1H3,(H,23,25);2*1H. The van der Waals surface area contributed by atoms with Crippen LogP contribution in [0.15, 0.2) is 24.3 Å². The molecular weight excluding hydrogens is 381 g/mol. The van der Waals surface area contributed by atoms with Crippen molar-refractivity contribution in [3.05, 3.63) is 29.8 Å². The quantitative estimate of drug-likeness (QED) is 0.781. The Hall–Kier alpha value is -0.810. The molecule has 0 spiro atoms. The van der Waals surface area contributed by atoms with Crippen molar-refractivity contribution in [2.45, 2.75) is 51.6 Å². The fourth-order valence-electron chi connectivity index (χ4n) is 5.12. The Morgan fingerprint density at radius 2 is 1.70 bits per heavy atom. The van der Waals surface area contributed by atoms with E-state index in [4.69, 9.17) is 5.73 Å². The van der Waals surface area contributed by atoms with Crippen LogP contribution < -0.4 is 11.1 Å². The fraction of sp³-hybridized carbons (Fsp3) is 0.667. The van der Waals surface area contributed by atoms with Gasteiger partial charge in [-0.25, -0.2) is 0 Å². The van der Waals surface area contributed by atoms with Gasteiger partial charge < -0.3 is 11.1 Å². The molecule has 4 rings (SSSR count). The van der Waals surface area contributed by atoms with Crippen LogP contribution in [0.5, 0.6) is 0 Å². The molecule has 3 aliphatic rings. The van der Waals surface area contributed by atoms with E-state index in [-0.39, 0.29) is 42.7 Å². The van der Waals surface area contributed by atoms with Crippen LogP contribution in [0.25, 0.3) is 0 Å². The minimum Gasteiger partial charge on any atom is -0.327 e. The number of anilines is 1. The lowest BCUT2D eigenvalue weighted by Gasteiger charge is -2.30. The van der Waals surface area contributed by atoms with E-state index in [9.17, 15) is 4.79 Å². The summed E-state index contributed by atoms with van der Waals surface area (Å²) in [6, 6.07) is 8.43. The zero-order chi connectivity index (χ0) is 17.4. The van der Waals surface area contributed by atoms with E-state index in [1.165, 1.54) is 44.3 Å². The van der Waals surface area contributed by atoms with E-state index in [1.54, 1.807) is 0 Å². The summed E-state index contributed by atoms with van der Waals surface area (Å²) in [6.07, 6.45) is 6.13. The molecule has 2 saturated carbocycles. The van der Waals surface area contributed by atoms with Crippen molar-refractivity contribution in [3.8, 4) is 0 Å². The van der Waals surface area contributed by atoms with Gasteiger partial charge in [-0.3, -0.25) is 9.69 Å². The second-order valence-corrected chi connectivity index (χ2v) is 8.58. The Kier molecular flexibility index (Phi) is 7.99. The van der Waals surface area contributed by atoms with E-state index in [0.29, 0.717) is 11.8 Å². The number of piperidine rings is 1. The first kappa shape index (κ1) is 22.5. The first-order valence-corrected chi connectivity index (χ1v) is 9.98. The molecule has 1 heterocycles. The molecular formula is C21H33Cl2N3O. The SMILES string of the molecule is CC1CCN(Cc2ccc(NC(=O)C3C4CCC(C4)C3N)cc2)CC1.Cl.Cl. The van der Waals surface area contributed by atoms with Crippen LogP contribution in [-0.4, -0.2) is 29.9 Å². The molecule has 3 fully saturated rings. The second-order valence-electron chi connectivity index (χ2n) is 8.58. The van der Waals surface area contributed by atoms with Gasteiger partial charge in [-0.15, -0.1) is 24.8 Å². The topological polar surface area (TPSA) is 58.4 Å². The van der Waals surface area contributed by atoms with Gasteiger partial charge in [0.05, 0.1) is 5.92 Å². The van der Waals surface area contributed by atoms with Crippen LogP contribution in [0.1, 0.15) is 44.6 Å². The number of nitrogens with two attached hydrogens (primary N) is 1. The van der Waals surface area contributed by atoms with Gasteiger partial charge >= 0.3 is 0 Å². The number of benzene rings is 1. The van der Waals surface area contributed by atoms with Gasteiger partial charge in [0, 0.05) is 18.3 Å². The van der Waals surface area contributed by atoms with Crippen LogP contribution >= 0.6 is 24.8 Å². The van der Waals surface area contributed by atoms with E-state index in [2.05, 4.69) is 29.3 Å². The predicted octanol–water partition coefficient (Wildman–Crippen LogP) is 4.07. The highest BCUT2D eigenvalue weighted by atomic mass is 35.5. The number of halogens is 2. The third-order valence-electron chi connectivity index (χ3n) is 6.79. The molecule has 27 heavy (non-hydrogen) atoms. The summed E-state index contributed by atoms with van der Waals surface area (Å²) in [5.74, 6) is 2.06. The maximum Gasteiger partial charge on any atom is 0.229 e. The summed E-state index contributed by atoms with van der Waals surface area (Å²) >= 11 is 0. The number of nitrogens with zero attached hydrogens (tertiary/aromatic N) is 1. The maximum absolute atomic E-state index is 12.6.